The molecule has 188 valence electrons. The van der Waals surface area contributed by atoms with Crippen LogP contribution in [0.2, 0.25) is 0 Å². The van der Waals surface area contributed by atoms with Crippen LogP contribution in [0, 0.1) is 36.4 Å². The first-order valence-electron chi connectivity index (χ1n) is 12.2. The SMILES string of the molecule is COc1ccc2nccc([C@H](O)CC[C@@H]3CCN(CC#Cc4ccc(C)c(F)c4)C[C@@H]3C(=O)O)c2c1. The Hall–Kier alpha value is -3.47. The maximum atomic E-state index is 13.7. The van der Waals surface area contributed by atoms with Gasteiger partial charge in [-0.2, -0.15) is 0 Å². The minimum Gasteiger partial charge on any atom is -0.497 e. The highest BCUT2D eigenvalue weighted by atomic mass is 19.1. The van der Waals surface area contributed by atoms with Gasteiger partial charge in [-0.1, -0.05) is 17.9 Å². The molecule has 0 saturated carbocycles. The van der Waals surface area contributed by atoms with Gasteiger partial charge in [0.15, 0.2) is 0 Å². The molecule has 0 amide bonds. The first-order chi connectivity index (χ1) is 17.4. The molecule has 1 saturated heterocycles. The topological polar surface area (TPSA) is 82.9 Å². The lowest BCUT2D eigenvalue weighted by Crippen LogP contribution is -2.44. The quantitative estimate of drug-likeness (QED) is 0.472. The number of benzene rings is 2. The molecular formula is C29H31FN2O4. The number of hydrogen-bond acceptors (Lipinski definition) is 5. The first-order valence-corrected chi connectivity index (χ1v) is 12.2. The predicted octanol–water partition coefficient (Wildman–Crippen LogP) is 4.58. The number of hydrogen-bond donors (Lipinski definition) is 2. The summed E-state index contributed by atoms with van der Waals surface area (Å²) in [5.41, 5.74) is 2.73. The number of rotatable bonds is 7. The van der Waals surface area contributed by atoms with Crippen LogP contribution in [-0.2, 0) is 4.79 Å². The van der Waals surface area contributed by atoms with Crippen LogP contribution in [0.1, 0.15) is 42.1 Å². The van der Waals surface area contributed by atoms with Crippen LogP contribution in [0.4, 0.5) is 4.39 Å². The summed E-state index contributed by atoms with van der Waals surface area (Å²) < 4.78 is 19.0. The fraction of sp³-hybridized carbons (Fsp3) is 0.379. The van der Waals surface area contributed by atoms with Gasteiger partial charge in [0.2, 0.25) is 0 Å². The van der Waals surface area contributed by atoms with E-state index in [4.69, 9.17) is 4.74 Å². The number of methoxy groups -OCH3 is 1. The number of pyridine rings is 1. The van der Waals surface area contributed by atoms with Crippen molar-refractivity contribution in [2.45, 2.75) is 32.3 Å². The molecular weight excluding hydrogens is 459 g/mol. The Morgan fingerprint density at radius 1 is 1.28 bits per heavy atom. The first kappa shape index (κ1) is 25.6. The fourth-order valence-electron chi connectivity index (χ4n) is 4.85. The lowest BCUT2D eigenvalue weighted by molar-refractivity contribution is -0.146. The number of halogens is 1. The Bertz CT molecular complexity index is 1300. The van der Waals surface area contributed by atoms with Gasteiger partial charge in [-0.3, -0.25) is 14.7 Å². The van der Waals surface area contributed by atoms with Gasteiger partial charge >= 0.3 is 5.97 Å². The van der Waals surface area contributed by atoms with Crippen LogP contribution >= 0.6 is 0 Å². The summed E-state index contributed by atoms with van der Waals surface area (Å²) in [4.78, 5) is 18.4. The zero-order chi connectivity index (χ0) is 25.7. The molecule has 36 heavy (non-hydrogen) atoms. The highest BCUT2D eigenvalue weighted by Crippen LogP contribution is 2.33. The Balaban J connectivity index is 1.37. The van der Waals surface area contributed by atoms with E-state index in [2.05, 4.69) is 16.8 Å². The number of aliphatic carboxylic acids is 1. The molecule has 0 spiro atoms. The van der Waals surface area contributed by atoms with Crippen LogP contribution in [0.5, 0.6) is 5.75 Å². The minimum absolute atomic E-state index is 0.0322. The van der Waals surface area contributed by atoms with Crippen molar-refractivity contribution in [2.24, 2.45) is 11.8 Å². The largest absolute Gasteiger partial charge is 0.497 e. The van der Waals surface area contributed by atoms with E-state index in [1.54, 1.807) is 32.4 Å². The number of piperidine rings is 1. The summed E-state index contributed by atoms with van der Waals surface area (Å²) in [5, 5.41) is 21.7. The zero-order valence-electron chi connectivity index (χ0n) is 20.6. The van der Waals surface area contributed by atoms with Crippen molar-refractivity contribution in [1.82, 2.24) is 9.88 Å². The summed E-state index contributed by atoms with van der Waals surface area (Å²) in [6.45, 7) is 3.27. The Labute approximate surface area is 210 Å². The van der Waals surface area contributed by atoms with E-state index >= 15 is 0 Å². The molecule has 1 fully saturated rings. The molecule has 0 aliphatic carbocycles. The lowest BCUT2D eigenvalue weighted by atomic mass is 9.81. The van der Waals surface area contributed by atoms with Crippen molar-refractivity contribution in [2.75, 3.05) is 26.7 Å². The monoisotopic (exact) mass is 490 g/mol. The number of fused-ring (bicyclic) bond motifs is 1. The van der Waals surface area contributed by atoms with Crippen molar-refractivity contribution < 1.29 is 24.1 Å². The Kier molecular flexibility index (Phi) is 8.19. The van der Waals surface area contributed by atoms with Crippen molar-refractivity contribution in [1.29, 1.82) is 0 Å². The van der Waals surface area contributed by atoms with Crippen molar-refractivity contribution in [3.05, 3.63) is 71.2 Å². The number of aromatic nitrogens is 1. The number of carbonyl (C=O) groups is 1. The average Bonchev–Trinajstić information content (AvgIpc) is 2.88. The fourth-order valence-corrected chi connectivity index (χ4v) is 4.85. The third kappa shape index (κ3) is 6.01. The zero-order valence-corrected chi connectivity index (χ0v) is 20.6. The second-order valence-corrected chi connectivity index (χ2v) is 9.37. The molecule has 2 heterocycles. The molecule has 0 radical (unpaired) electrons. The molecule has 6 nitrogen and oxygen atoms in total. The van der Waals surface area contributed by atoms with Gasteiger partial charge in [0.1, 0.15) is 11.6 Å². The molecule has 1 aliphatic heterocycles. The van der Waals surface area contributed by atoms with Gasteiger partial charge in [0, 0.05) is 23.7 Å². The maximum Gasteiger partial charge on any atom is 0.308 e. The smallest absolute Gasteiger partial charge is 0.308 e. The normalized spacial score (nSPS) is 18.9. The van der Waals surface area contributed by atoms with Crippen LogP contribution in [-0.4, -0.2) is 52.8 Å². The highest BCUT2D eigenvalue weighted by molar-refractivity contribution is 5.83. The maximum absolute atomic E-state index is 13.7. The lowest BCUT2D eigenvalue weighted by Gasteiger charge is -2.36. The minimum atomic E-state index is -0.827. The van der Waals surface area contributed by atoms with E-state index in [1.807, 2.05) is 29.2 Å². The average molecular weight is 491 g/mol. The number of aliphatic hydroxyl groups is 1. The second kappa shape index (κ2) is 11.5. The third-order valence-electron chi connectivity index (χ3n) is 7.02. The highest BCUT2D eigenvalue weighted by Gasteiger charge is 2.34. The van der Waals surface area contributed by atoms with Crippen molar-refractivity contribution >= 4 is 16.9 Å². The van der Waals surface area contributed by atoms with Crippen LogP contribution in [0.15, 0.2) is 48.7 Å². The van der Waals surface area contributed by atoms with E-state index in [-0.39, 0.29) is 11.7 Å². The number of nitrogens with zero attached hydrogens (tertiary/aromatic N) is 2. The van der Waals surface area contributed by atoms with E-state index in [0.29, 0.717) is 42.8 Å². The van der Waals surface area contributed by atoms with E-state index < -0.39 is 18.0 Å². The number of likely N-dealkylation sites (tertiary alicyclic amines) is 1. The number of carboxylic acids is 1. The van der Waals surface area contributed by atoms with Gasteiger partial charge in [0.25, 0.3) is 0 Å². The number of carboxylic acid groups (broad SMARTS) is 1. The molecule has 3 aromatic rings. The standard InChI is InChI=1S/C29H31FN2O4/c1-19-5-6-20(16-26(19)30)4-3-14-32-15-12-21(25(18-32)29(34)35)7-10-28(33)23-11-13-31-27-9-8-22(36-2)17-24(23)27/h5-6,8-9,11,13,16-17,21,25,28,33H,7,10,12,14-15,18H2,1-2H3,(H,34,35)/t21-,25+,28-/m1/s1. The Morgan fingerprint density at radius 3 is 2.86 bits per heavy atom. The number of ether oxygens (including phenoxy) is 1. The predicted molar refractivity (Wildman–Crippen MR) is 136 cm³/mol. The molecule has 1 aromatic heterocycles. The second-order valence-electron chi connectivity index (χ2n) is 9.37. The van der Waals surface area contributed by atoms with Gasteiger partial charge in [-0.05, 0) is 86.2 Å². The van der Waals surface area contributed by atoms with E-state index in [9.17, 15) is 19.4 Å². The van der Waals surface area contributed by atoms with Crippen molar-refractivity contribution in [3.8, 4) is 17.6 Å². The van der Waals surface area contributed by atoms with Crippen LogP contribution in [0.25, 0.3) is 10.9 Å². The summed E-state index contributed by atoms with van der Waals surface area (Å²) in [6.07, 6.45) is 2.74. The Morgan fingerprint density at radius 2 is 2.11 bits per heavy atom. The van der Waals surface area contributed by atoms with Crippen LogP contribution in [0.3, 0.4) is 0 Å². The van der Waals surface area contributed by atoms with Crippen LogP contribution < -0.4 is 4.74 Å². The number of aryl methyl sites for hydroxylation is 1. The molecule has 0 bridgehead atoms. The summed E-state index contributed by atoms with van der Waals surface area (Å²) in [6, 6.07) is 12.3. The van der Waals surface area contributed by atoms with Gasteiger partial charge in [0.05, 0.1) is 31.2 Å². The van der Waals surface area contributed by atoms with Gasteiger partial charge < -0.3 is 14.9 Å². The third-order valence-corrected chi connectivity index (χ3v) is 7.02. The van der Waals surface area contributed by atoms with E-state index in [1.165, 1.54) is 6.07 Å². The molecule has 0 unspecified atom stereocenters. The molecule has 1 aliphatic rings. The van der Waals surface area contributed by atoms with Crippen molar-refractivity contribution in [3.63, 3.8) is 0 Å². The molecule has 4 rings (SSSR count). The summed E-state index contributed by atoms with van der Waals surface area (Å²) in [5.74, 6) is 5.04. The van der Waals surface area contributed by atoms with Gasteiger partial charge in [-0.15, -0.1) is 0 Å². The van der Waals surface area contributed by atoms with Gasteiger partial charge in [-0.25, -0.2) is 4.39 Å². The van der Waals surface area contributed by atoms with E-state index in [0.717, 1.165) is 29.4 Å². The summed E-state index contributed by atoms with van der Waals surface area (Å²) >= 11 is 0. The summed E-state index contributed by atoms with van der Waals surface area (Å²) in [7, 11) is 1.60. The molecule has 3 atom stereocenters. The molecule has 2 aromatic carbocycles. The number of aliphatic hydroxyl groups excluding tert-OH is 1. The molecule has 2 N–H and O–H groups in total. The molecule has 7 heteroatoms.